The standard InChI is InChI=1S/C14H16N2O/c1-2-17-14-10-11(15)8-9-13(14)16-12-6-4-3-5-7-12/h3-10,16H,2,15H2,1H3. The average molecular weight is 228 g/mol. The monoisotopic (exact) mass is 228 g/mol. The maximum Gasteiger partial charge on any atom is 0.144 e. The topological polar surface area (TPSA) is 47.3 Å². The summed E-state index contributed by atoms with van der Waals surface area (Å²) in [4.78, 5) is 0. The highest BCUT2D eigenvalue weighted by Crippen LogP contribution is 2.29. The summed E-state index contributed by atoms with van der Waals surface area (Å²) in [6.07, 6.45) is 0. The number of anilines is 3. The largest absolute Gasteiger partial charge is 0.492 e. The van der Waals surface area contributed by atoms with Crippen molar-refractivity contribution in [2.24, 2.45) is 0 Å². The van der Waals surface area contributed by atoms with Crippen molar-refractivity contribution in [1.82, 2.24) is 0 Å². The minimum absolute atomic E-state index is 0.618. The lowest BCUT2D eigenvalue weighted by Gasteiger charge is -2.12. The molecule has 3 heteroatoms. The van der Waals surface area contributed by atoms with Gasteiger partial charge in [0.2, 0.25) is 0 Å². The normalized spacial score (nSPS) is 9.94. The maximum atomic E-state index is 5.74. The second kappa shape index (κ2) is 5.25. The van der Waals surface area contributed by atoms with Crippen LogP contribution in [-0.4, -0.2) is 6.61 Å². The Morgan fingerprint density at radius 3 is 2.59 bits per heavy atom. The molecule has 3 N–H and O–H groups in total. The van der Waals surface area contributed by atoms with Gasteiger partial charge in [-0.2, -0.15) is 0 Å². The fourth-order valence-electron chi connectivity index (χ4n) is 1.59. The molecular weight excluding hydrogens is 212 g/mol. The summed E-state index contributed by atoms with van der Waals surface area (Å²) in [5, 5.41) is 3.30. The van der Waals surface area contributed by atoms with Crippen LogP contribution in [0.5, 0.6) is 5.75 Å². The molecule has 0 bridgehead atoms. The van der Waals surface area contributed by atoms with Crippen molar-refractivity contribution in [3.8, 4) is 5.75 Å². The van der Waals surface area contributed by atoms with Crippen molar-refractivity contribution in [3.63, 3.8) is 0 Å². The number of rotatable bonds is 4. The van der Waals surface area contributed by atoms with Crippen LogP contribution >= 0.6 is 0 Å². The predicted molar refractivity (Wildman–Crippen MR) is 71.7 cm³/mol. The Morgan fingerprint density at radius 2 is 1.88 bits per heavy atom. The van der Waals surface area contributed by atoms with Crippen LogP contribution in [0.3, 0.4) is 0 Å². The molecule has 0 aliphatic carbocycles. The molecule has 0 saturated heterocycles. The van der Waals surface area contributed by atoms with E-state index >= 15 is 0 Å². The lowest BCUT2D eigenvalue weighted by Crippen LogP contribution is -1.99. The van der Waals surface area contributed by atoms with Crippen LogP contribution in [-0.2, 0) is 0 Å². The van der Waals surface area contributed by atoms with E-state index in [0.717, 1.165) is 17.1 Å². The number of hydrogen-bond acceptors (Lipinski definition) is 3. The van der Waals surface area contributed by atoms with E-state index in [0.29, 0.717) is 12.3 Å². The molecule has 0 saturated carbocycles. The summed E-state index contributed by atoms with van der Waals surface area (Å²) >= 11 is 0. The zero-order chi connectivity index (χ0) is 12.1. The first-order valence-electron chi connectivity index (χ1n) is 5.64. The third kappa shape index (κ3) is 2.91. The molecule has 2 aromatic rings. The van der Waals surface area contributed by atoms with Gasteiger partial charge in [0, 0.05) is 17.4 Å². The lowest BCUT2D eigenvalue weighted by atomic mass is 10.2. The van der Waals surface area contributed by atoms with Crippen LogP contribution < -0.4 is 15.8 Å². The summed E-state index contributed by atoms with van der Waals surface area (Å²) in [5.41, 5.74) is 8.39. The fraction of sp³-hybridized carbons (Fsp3) is 0.143. The minimum atomic E-state index is 0.618. The Bertz CT molecular complexity index is 483. The molecule has 17 heavy (non-hydrogen) atoms. The van der Waals surface area contributed by atoms with Gasteiger partial charge in [-0.05, 0) is 31.2 Å². The number of para-hydroxylation sites is 1. The Labute approximate surface area is 101 Å². The van der Waals surface area contributed by atoms with Crippen LogP contribution in [0.2, 0.25) is 0 Å². The SMILES string of the molecule is CCOc1cc(N)ccc1Nc1ccccc1. The maximum absolute atomic E-state index is 5.74. The van der Waals surface area contributed by atoms with Gasteiger partial charge in [-0.15, -0.1) is 0 Å². The van der Waals surface area contributed by atoms with E-state index in [2.05, 4.69) is 5.32 Å². The van der Waals surface area contributed by atoms with Gasteiger partial charge < -0.3 is 15.8 Å². The quantitative estimate of drug-likeness (QED) is 0.788. The van der Waals surface area contributed by atoms with Crippen LogP contribution in [0.25, 0.3) is 0 Å². The van der Waals surface area contributed by atoms with Crippen molar-refractivity contribution in [3.05, 3.63) is 48.5 Å². The first kappa shape index (κ1) is 11.3. The van der Waals surface area contributed by atoms with Gasteiger partial charge in [0.25, 0.3) is 0 Å². The van der Waals surface area contributed by atoms with E-state index in [1.165, 1.54) is 0 Å². The zero-order valence-electron chi connectivity index (χ0n) is 9.81. The van der Waals surface area contributed by atoms with Crippen LogP contribution in [0, 0.1) is 0 Å². The number of nitrogen functional groups attached to an aromatic ring is 1. The molecule has 0 radical (unpaired) electrons. The first-order valence-corrected chi connectivity index (χ1v) is 5.64. The summed E-state index contributed by atoms with van der Waals surface area (Å²) in [6.45, 7) is 2.57. The van der Waals surface area contributed by atoms with E-state index in [-0.39, 0.29) is 0 Å². The van der Waals surface area contributed by atoms with E-state index in [4.69, 9.17) is 10.5 Å². The minimum Gasteiger partial charge on any atom is -0.492 e. The number of nitrogens with one attached hydrogen (secondary N) is 1. The summed E-state index contributed by atoms with van der Waals surface area (Å²) in [5.74, 6) is 0.774. The number of hydrogen-bond donors (Lipinski definition) is 2. The van der Waals surface area contributed by atoms with Gasteiger partial charge in [0.1, 0.15) is 5.75 Å². The van der Waals surface area contributed by atoms with Crippen LogP contribution in [0.1, 0.15) is 6.92 Å². The van der Waals surface area contributed by atoms with Crippen molar-refractivity contribution in [2.45, 2.75) is 6.92 Å². The summed E-state index contributed by atoms with van der Waals surface area (Å²) in [6, 6.07) is 15.6. The van der Waals surface area contributed by atoms with Gasteiger partial charge in [0.15, 0.2) is 0 Å². The Balaban J connectivity index is 2.26. The molecule has 2 aromatic carbocycles. The lowest BCUT2D eigenvalue weighted by molar-refractivity contribution is 0.342. The summed E-state index contributed by atoms with van der Waals surface area (Å²) in [7, 11) is 0. The fourth-order valence-corrected chi connectivity index (χ4v) is 1.59. The first-order chi connectivity index (χ1) is 8.29. The van der Waals surface area contributed by atoms with E-state index < -0.39 is 0 Å². The second-order valence-electron chi connectivity index (χ2n) is 3.68. The third-order valence-corrected chi connectivity index (χ3v) is 2.36. The van der Waals surface area contributed by atoms with E-state index in [9.17, 15) is 0 Å². The van der Waals surface area contributed by atoms with Crippen LogP contribution in [0.4, 0.5) is 17.1 Å². The Hall–Kier alpha value is -2.16. The van der Waals surface area contributed by atoms with E-state index in [1.54, 1.807) is 0 Å². The second-order valence-corrected chi connectivity index (χ2v) is 3.68. The number of benzene rings is 2. The Kier molecular flexibility index (Phi) is 3.50. The highest BCUT2D eigenvalue weighted by Gasteiger charge is 2.03. The van der Waals surface area contributed by atoms with Crippen molar-refractivity contribution < 1.29 is 4.74 Å². The van der Waals surface area contributed by atoms with Crippen molar-refractivity contribution >= 4 is 17.1 Å². The van der Waals surface area contributed by atoms with E-state index in [1.807, 2.05) is 55.5 Å². The molecule has 3 nitrogen and oxygen atoms in total. The highest BCUT2D eigenvalue weighted by molar-refractivity contribution is 5.69. The predicted octanol–water partition coefficient (Wildman–Crippen LogP) is 3.41. The molecule has 0 aliphatic rings. The molecule has 0 aliphatic heterocycles. The number of nitrogens with two attached hydrogens (primary N) is 1. The molecule has 0 atom stereocenters. The zero-order valence-corrected chi connectivity index (χ0v) is 9.81. The average Bonchev–Trinajstić information content (AvgIpc) is 2.34. The highest BCUT2D eigenvalue weighted by atomic mass is 16.5. The molecule has 0 spiro atoms. The molecule has 0 fully saturated rings. The van der Waals surface area contributed by atoms with Gasteiger partial charge in [-0.3, -0.25) is 0 Å². The van der Waals surface area contributed by atoms with Gasteiger partial charge >= 0.3 is 0 Å². The van der Waals surface area contributed by atoms with Crippen molar-refractivity contribution in [1.29, 1.82) is 0 Å². The third-order valence-electron chi connectivity index (χ3n) is 2.36. The van der Waals surface area contributed by atoms with Gasteiger partial charge in [-0.1, -0.05) is 18.2 Å². The number of ether oxygens (including phenoxy) is 1. The molecule has 2 rings (SSSR count). The van der Waals surface area contributed by atoms with Crippen molar-refractivity contribution in [2.75, 3.05) is 17.7 Å². The molecule has 0 amide bonds. The van der Waals surface area contributed by atoms with Gasteiger partial charge in [-0.25, -0.2) is 0 Å². The Morgan fingerprint density at radius 1 is 1.12 bits per heavy atom. The molecule has 0 aromatic heterocycles. The van der Waals surface area contributed by atoms with Gasteiger partial charge in [0.05, 0.1) is 12.3 Å². The molecule has 0 unspecified atom stereocenters. The molecular formula is C14H16N2O. The smallest absolute Gasteiger partial charge is 0.144 e. The molecule has 88 valence electrons. The van der Waals surface area contributed by atoms with Crippen LogP contribution in [0.15, 0.2) is 48.5 Å². The molecule has 0 heterocycles. The summed E-state index contributed by atoms with van der Waals surface area (Å²) < 4.78 is 5.55.